The molecule has 1 aromatic heterocycles. The van der Waals surface area contributed by atoms with Crippen LogP contribution in [-0.2, 0) is 4.79 Å². The van der Waals surface area contributed by atoms with Gasteiger partial charge in [-0.15, -0.1) is 11.3 Å². The van der Waals surface area contributed by atoms with Crippen LogP contribution in [0.3, 0.4) is 0 Å². The first-order valence-corrected chi connectivity index (χ1v) is 9.19. The van der Waals surface area contributed by atoms with Gasteiger partial charge < -0.3 is 15.4 Å². The third-order valence-corrected chi connectivity index (χ3v) is 5.07. The number of ether oxygens (including phenoxy) is 1. The average Bonchev–Trinajstić information content (AvgIpc) is 3.04. The van der Waals surface area contributed by atoms with Gasteiger partial charge in [0.25, 0.3) is 5.91 Å². The second-order valence-electron chi connectivity index (χ2n) is 5.99. The lowest BCUT2D eigenvalue weighted by Crippen LogP contribution is -2.13. The van der Waals surface area contributed by atoms with Crippen LogP contribution in [0.2, 0.25) is 0 Å². The lowest BCUT2D eigenvalue weighted by atomic mass is 10.2. The number of aromatic nitrogens is 1. The zero-order chi connectivity index (χ0) is 20.3. The molecule has 0 fully saturated rings. The predicted octanol–water partition coefficient (Wildman–Crippen LogP) is 4.48. The largest absolute Gasteiger partial charge is 0.495 e. The number of methoxy groups -OCH3 is 1. The van der Waals surface area contributed by atoms with Gasteiger partial charge in [-0.05, 0) is 49.4 Å². The number of rotatable bonds is 5. The molecular formula is C20H18FN3O3S. The topological polar surface area (TPSA) is 80.3 Å². The van der Waals surface area contributed by atoms with Gasteiger partial charge in [-0.3, -0.25) is 9.59 Å². The van der Waals surface area contributed by atoms with E-state index in [0.717, 1.165) is 5.56 Å². The highest BCUT2D eigenvalue weighted by Crippen LogP contribution is 2.31. The Hall–Kier alpha value is -3.26. The van der Waals surface area contributed by atoms with E-state index in [2.05, 4.69) is 15.6 Å². The molecule has 2 amide bonds. The summed E-state index contributed by atoms with van der Waals surface area (Å²) in [7, 11) is 1.49. The van der Waals surface area contributed by atoms with Crippen LogP contribution in [0.25, 0.3) is 10.6 Å². The molecule has 8 heteroatoms. The molecule has 144 valence electrons. The highest BCUT2D eigenvalue weighted by atomic mass is 32.1. The van der Waals surface area contributed by atoms with Crippen LogP contribution in [0.15, 0.2) is 42.5 Å². The van der Waals surface area contributed by atoms with Crippen molar-refractivity contribution in [3.05, 3.63) is 58.9 Å². The lowest BCUT2D eigenvalue weighted by molar-refractivity contribution is -0.114. The second kappa shape index (κ2) is 8.18. The highest BCUT2D eigenvalue weighted by Gasteiger charge is 2.18. The molecule has 1 heterocycles. The molecule has 0 saturated carbocycles. The van der Waals surface area contributed by atoms with Crippen LogP contribution in [0.5, 0.6) is 5.75 Å². The van der Waals surface area contributed by atoms with Crippen molar-refractivity contribution in [3.63, 3.8) is 0 Å². The van der Waals surface area contributed by atoms with E-state index in [0.29, 0.717) is 32.7 Å². The maximum atomic E-state index is 13.1. The molecule has 0 unspecified atom stereocenters. The molecule has 2 N–H and O–H groups in total. The van der Waals surface area contributed by atoms with Crippen molar-refractivity contribution in [1.29, 1.82) is 0 Å². The van der Waals surface area contributed by atoms with Gasteiger partial charge in [0.05, 0.1) is 18.5 Å². The second-order valence-corrected chi connectivity index (χ2v) is 6.99. The third kappa shape index (κ3) is 4.34. The average molecular weight is 399 g/mol. The van der Waals surface area contributed by atoms with Gasteiger partial charge in [0.1, 0.15) is 21.5 Å². The minimum Gasteiger partial charge on any atom is -0.495 e. The molecule has 0 aliphatic carbocycles. The summed E-state index contributed by atoms with van der Waals surface area (Å²) in [6.45, 7) is 3.14. The molecule has 0 atom stereocenters. The lowest BCUT2D eigenvalue weighted by Gasteiger charge is -2.12. The summed E-state index contributed by atoms with van der Waals surface area (Å²) in [6.07, 6.45) is 0. The van der Waals surface area contributed by atoms with Gasteiger partial charge in [-0.2, -0.15) is 0 Å². The molecule has 3 aromatic rings. The monoisotopic (exact) mass is 399 g/mol. The molecule has 0 aliphatic heterocycles. The third-order valence-electron chi connectivity index (χ3n) is 3.86. The fourth-order valence-electron chi connectivity index (χ4n) is 2.59. The number of carbonyl (C=O) groups is 2. The number of anilines is 2. The quantitative estimate of drug-likeness (QED) is 0.663. The maximum absolute atomic E-state index is 13.1. The molecule has 0 saturated heterocycles. The van der Waals surface area contributed by atoms with Crippen molar-refractivity contribution >= 4 is 34.5 Å². The summed E-state index contributed by atoms with van der Waals surface area (Å²) in [5, 5.41) is 6.09. The Morgan fingerprint density at radius 3 is 2.46 bits per heavy atom. The summed E-state index contributed by atoms with van der Waals surface area (Å²) in [5.74, 6) is -0.434. The minimum absolute atomic E-state index is 0.218. The SMILES string of the molecule is COc1ccc(NC(C)=O)cc1NC(=O)c1sc(-c2ccc(F)cc2)nc1C. The van der Waals surface area contributed by atoms with Gasteiger partial charge >= 0.3 is 0 Å². The van der Waals surface area contributed by atoms with Crippen molar-refractivity contribution in [3.8, 4) is 16.3 Å². The highest BCUT2D eigenvalue weighted by molar-refractivity contribution is 7.17. The zero-order valence-corrected chi connectivity index (χ0v) is 16.3. The minimum atomic E-state index is -0.346. The predicted molar refractivity (Wildman–Crippen MR) is 107 cm³/mol. The summed E-state index contributed by atoms with van der Waals surface area (Å²) < 4.78 is 18.4. The first-order chi connectivity index (χ1) is 13.4. The number of aryl methyl sites for hydroxylation is 1. The molecule has 3 rings (SSSR count). The standard InChI is InChI=1S/C20H18FN3O3S/c1-11-18(28-20(22-11)13-4-6-14(21)7-5-13)19(26)24-16-10-15(23-12(2)25)8-9-17(16)27-3/h4-10H,1-3H3,(H,23,25)(H,24,26). The van der Waals surface area contributed by atoms with E-state index in [-0.39, 0.29) is 17.6 Å². The Balaban J connectivity index is 1.87. The number of thiazole rings is 1. The number of hydrogen-bond acceptors (Lipinski definition) is 5. The van der Waals surface area contributed by atoms with Crippen molar-refractivity contribution in [1.82, 2.24) is 4.98 Å². The van der Waals surface area contributed by atoms with Gasteiger partial charge in [0, 0.05) is 18.2 Å². The Morgan fingerprint density at radius 2 is 1.82 bits per heavy atom. The first-order valence-electron chi connectivity index (χ1n) is 8.37. The van der Waals surface area contributed by atoms with Gasteiger partial charge in [0.2, 0.25) is 5.91 Å². The number of benzene rings is 2. The van der Waals surface area contributed by atoms with Crippen molar-refractivity contribution in [2.75, 3.05) is 17.7 Å². The Kier molecular flexibility index (Phi) is 5.70. The van der Waals surface area contributed by atoms with Crippen molar-refractivity contribution in [2.24, 2.45) is 0 Å². The number of nitrogens with one attached hydrogen (secondary N) is 2. The number of halogens is 1. The summed E-state index contributed by atoms with van der Waals surface area (Å²) in [4.78, 5) is 28.9. The Morgan fingerprint density at radius 1 is 1.11 bits per heavy atom. The normalized spacial score (nSPS) is 10.4. The summed E-state index contributed by atoms with van der Waals surface area (Å²) >= 11 is 1.22. The number of hydrogen-bond donors (Lipinski definition) is 2. The van der Waals surface area contributed by atoms with Crippen molar-refractivity contribution < 1.29 is 18.7 Å². The molecule has 2 aromatic carbocycles. The fourth-order valence-corrected chi connectivity index (χ4v) is 3.56. The first kappa shape index (κ1) is 19.5. The van der Waals surface area contributed by atoms with Crippen LogP contribution in [0.4, 0.5) is 15.8 Å². The molecule has 6 nitrogen and oxygen atoms in total. The van der Waals surface area contributed by atoms with E-state index in [1.165, 1.54) is 37.5 Å². The van der Waals surface area contributed by atoms with Crippen LogP contribution in [-0.4, -0.2) is 23.9 Å². The van der Waals surface area contributed by atoms with Crippen LogP contribution in [0, 0.1) is 12.7 Å². The molecule has 0 bridgehead atoms. The number of amides is 2. The van der Waals surface area contributed by atoms with Crippen LogP contribution in [0.1, 0.15) is 22.3 Å². The van der Waals surface area contributed by atoms with Crippen molar-refractivity contribution in [2.45, 2.75) is 13.8 Å². The molecule has 28 heavy (non-hydrogen) atoms. The smallest absolute Gasteiger partial charge is 0.267 e. The van der Waals surface area contributed by atoms with E-state index in [1.54, 1.807) is 37.3 Å². The molecule has 0 aliphatic rings. The maximum Gasteiger partial charge on any atom is 0.267 e. The zero-order valence-electron chi connectivity index (χ0n) is 15.5. The van der Waals surface area contributed by atoms with Gasteiger partial charge in [-0.1, -0.05) is 0 Å². The Labute approximate surface area is 165 Å². The van der Waals surface area contributed by atoms with E-state index in [1.807, 2.05) is 0 Å². The van der Waals surface area contributed by atoms with Crippen LogP contribution >= 0.6 is 11.3 Å². The van der Waals surface area contributed by atoms with E-state index in [4.69, 9.17) is 4.74 Å². The van der Waals surface area contributed by atoms with Gasteiger partial charge in [0.15, 0.2) is 0 Å². The number of carbonyl (C=O) groups excluding carboxylic acids is 2. The molecular weight excluding hydrogens is 381 g/mol. The molecule has 0 spiro atoms. The fraction of sp³-hybridized carbons (Fsp3) is 0.150. The van der Waals surface area contributed by atoms with E-state index < -0.39 is 0 Å². The summed E-state index contributed by atoms with van der Waals surface area (Å²) in [6, 6.07) is 10.9. The number of nitrogens with zero attached hydrogens (tertiary/aromatic N) is 1. The molecule has 0 radical (unpaired) electrons. The van der Waals surface area contributed by atoms with Crippen LogP contribution < -0.4 is 15.4 Å². The van der Waals surface area contributed by atoms with E-state index in [9.17, 15) is 14.0 Å². The van der Waals surface area contributed by atoms with E-state index >= 15 is 0 Å². The summed E-state index contributed by atoms with van der Waals surface area (Å²) in [5.41, 5.74) is 2.27. The van der Waals surface area contributed by atoms with Gasteiger partial charge in [-0.25, -0.2) is 9.37 Å². The Bertz CT molecular complexity index is 1030.